The van der Waals surface area contributed by atoms with Crippen LogP contribution in [-0.4, -0.2) is 126 Å². The highest BCUT2D eigenvalue weighted by Gasteiger charge is 2.39. The van der Waals surface area contributed by atoms with E-state index in [0.29, 0.717) is 88.3 Å². The van der Waals surface area contributed by atoms with Gasteiger partial charge in [0.2, 0.25) is 23.6 Å². The number of aromatic nitrogens is 7. The number of aliphatic imine (C=N–C) groups is 1. The lowest BCUT2D eigenvalue weighted by Gasteiger charge is -2.23. The van der Waals surface area contributed by atoms with Crippen molar-refractivity contribution in [2.24, 2.45) is 22.6 Å². The minimum Gasteiger partial charge on any atom is -0.473 e. The zero-order valence-electron chi connectivity index (χ0n) is 43.1. The molecule has 0 unspecified atom stereocenters. The zero-order chi connectivity index (χ0) is 55.8. The molecule has 3 aliphatic rings. The first-order valence-corrected chi connectivity index (χ1v) is 30.1. The van der Waals surface area contributed by atoms with Gasteiger partial charge in [0.1, 0.15) is 82.6 Å². The predicted octanol–water partition coefficient (Wildman–Crippen LogP) is 5.71. The van der Waals surface area contributed by atoms with E-state index in [1.807, 2.05) is 44.5 Å². The molecule has 29 heteroatoms. The van der Waals surface area contributed by atoms with Crippen LogP contribution in [0.2, 0.25) is 0 Å². The van der Waals surface area contributed by atoms with E-state index in [9.17, 15) is 33.6 Å². The van der Waals surface area contributed by atoms with Gasteiger partial charge in [0.25, 0.3) is 23.6 Å². The Bertz CT molecular complexity index is 3560. The van der Waals surface area contributed by atoms with Gasteiger partial charge in [-0.3, -0.25) is 33.6 Å². The van der Waals surface area contributed by atoms with Crippen LogP contribution in [0.25, 0.3) is 43.4 Å². The predicted molar refractivity (Wildman–Crippen MR) is 300 cm³/mol. The number of hydrogen-bond acceptors (Lipinski definition) is 22. The van der Waals surface area contributed by atoms with E-state index in [-0.39, 0.29) is 66.2 Å². The van der Waals surface area contributed by atoms with Crippen molar-refractivity contribution in [3.05, 3.63) is 81.7 Å². The summed E-state index contributed by atoms with van der Waals surface area (Å²) in [5, 5.41) is 25.8. The lowest BCUT2D eigenvalue weighted by molar-refractivity contribution is -0.138. The molecule has 23 nitrogen and oxygen atoms in total. The van der Waals surface area contributed by atoms with Crippen LogP contribution in [0.5, 0.6) is 0 Å². The Morgan fingerprint density at radius 3 is 2.08 bits per heavy atom. The lowest BCUT2D eigenvalue weighted by Crippen LogP contribution is -2.47. The molecule has 0 spiro atoms. The maximum Gasteiger partial charge on any atom is 0.271 e. The van der Waals surface area contributed by atoms with Crippen LogP contribution in [0.3, 0.4) is 0 Å². The first kappa shape index (κ1) is 55.0. The summed E-state index contributed by atoms with van der Waals surface area (Å²) in [4.78, 5) is 134. The Morgan fingerprint density at radius 2 is 1.34 bits per heavy atom. The molecule has 0 aliphatic carbocycles. The number of carbonyl (C=O) groups is 7. The molecule has 10 heterocycles. The van der Waals surface area contributed by atoms with Crippen molar-refractivity contribution in [2.75, 3.05) is 26.7 Å². The fourth-order valence-corrected chi connectivity index (χ4v) is 14.3. The number of fused-ring (bicyclic) bond motifs is 14. The number of ether oxygens (including phenoxy) is 1. The van der Waals surface area contributed by atoms with Gasteiger partial charge in [-0.25, -0.2) is 39.9 Å². The number of carbonyl (C=O) groups excluding carboxylic acids is 7. The number of pyridine rings is 1. The zero-order valence-corrected chi connectivity index (χ0v) is 48.0. The summed E-state index contributed by atoms with van der Waals surface area (Å²) in [6.45, 7) is 9.50. The SMILES string of the molecule is CNC(=O)C[C@@H]1NC(=O)c2csc(n2)-c2ccc(-c3nc(C4=N[C@H](C(=O)N5CCC[C@H]5C(N)=O)CO4)cs3)nc2-c2csc(n2)-c2csc(n2)[C@H](C(C)C)NC(=O)CNC(=O)c2csc(n2)[C@H](C(C)C)NC(=O)c2nc1sc2C. The number of amides is 7. The molecule has 7 amide bonds. The topological polar surface area (TPSA) is 321 Å². The van der Waals surface area contributed by atoms with E-state index in [4.69, 9.17) is 35.4 Å². The van der Waals surface area contributed by atoms with Crippen molar-refractivity contribution >= 4 is 115 Å². The third-order valence-corrected chi connectivity index (χ3v) is 18.6. The molecule has 7 aromatic heterocycles. The van der Waals surface area contributed by atoms with Crippen LogP contribution in [0.4, 0.5) is 0 Å². The molecule has 410 valence electrons. The molecule has 0 radical (unpaired) electrons. The lowest BCUT2D eigenvalue weighted by atomic mass is 10.0. The Kier molecular flexibility index (Phi) is 16.1. The second-order valence-corrected chi connectivity index (χ2v) is 24.8. The van der Waals surface area contributed by atoms with E-state index in [1.165, 1.54) is 68.6 Å². The maximum absolute atomic E-state index is 14.2. The smallest absolute Gasteiger partial charge is 0.271 e. The average Bonchev–Trinajstić information content (AvgIpc) is 4.30. The van der Waals surface area contributed by atoms with E-state index < -0.39 is 59.7 Å². The van der Waals surface area contributed by atoms with E-state index in [1.54, 1.807) is 29.1 Å². The molecule has 7 N–H and O–H groups in total. The number of primary amides is 1. The number of hydrogen-bond donors (Lipinski definition) is 6. The van der Waals surface area contributed by atoms with Crippen molar-refractivity contribution in [1.29, 1.82) is 0 Å². The number of aryl methyl sites for hydroxylation is 1. The summed E-state index contributed by atoms with van der Waals surface area (Å²) in [5.41, 5.74) is 8.67. The van der Waals surface area contributed by atoms with Gasteiger partial charge < -0.3 is 42.0 Å². The van der Waals surface area contributed by atoms with Gasteiger partial charge in [-0.15, -0.1) is 68.0 Å². The van der Waals surface area contributed by atoms with Crippen LogP contribution in [0.1, 0.15) is 122 Å². The summed E-state index contributed by atoms with van der Waals surface area (Å²) in [7, 11) is 1.48. The summed E-state index contributed by atoms with van der Waals surface area (Å²) < 4.78 is 5.88. The molecule has 1 fully saturated rings. The van der Waals surface area contributed by atoms with Crippen LogP contribution in [-0.2, 0) is 23.9 Å². The first-order valence-electron chi connectivity index (χ1n) is 24.9. The summed E-state index contributed by atoms with van der Waals surface area (Å²) in [6, 6.07) is -0.0326. The number of thiazole rings is 6. The second-order valence-electron chi connectivity index (χ2n) is 19.2. The molecular formula is C50H51N15O8S6. The van der Waals surface area contributed by atoms with Crippen molar-refractivity contribution < 1.29 is 38.3 Å². The molecular weight excluding hydrogens is 1130 g/mol. The average molecular weight is 1180 g/mol. The first-order chi connectivity index (χ1) is 37.9. The molecule has 5 atom stereocenters. The van der Waals surface area contributed by atoms with Crippen LogP contribution in [0, 0.1) is 18.8 Å². The highest BCUT2D eigenvalue weighted by atomic mass is 32.1. The third-order valence-electron chi connectivity index (χ3n) is 13.0. The number of nitrogens with two attached hydrogens (primary N) is 1. The van der Waals surface area contributed by atoms with Crippen molar-refractivity contribution in [1.82, 2.24) is 66.4 Å². The normalized spacial score (nSPS) is 20.0. The van der Waals surface area contributed by atoms with Crippen LogP contribution < -0.4 is 32.3 Å². The maximum atomic E-state index is 14.2. The van der Waals surface area contributed by atoms with Crippen LogP contribution in [0.15, 0.2) is 44.0 Å². The fourth-order valence-electron chi connectivity index (χ4n) is 8.87. The van der Waals surface area contributed by atoms with Crippen molar-refractivity contribution in [2.45, 2.75) is 84.1 Å². The van der Waals surface area contributed by atoms with E-state index >= 15 is 0 Å². The summed E-state index contributed by atoms with van der Waals surface area (Å²) in [6.07, 6.45) is 0.968. The Morgan fingerprint density at radius 1 is 0.709 bits per heavy atom. The van der Waals surface area contributed by atoms with Gasteiger partial charge in [-0.2, -0.15) is 0 Å². The molecule has 7 aromatic rings. The third kappa shape index (κ3) is 11.7. The van der Waals surface area contributed by atoms with E-state index in [0.717, 1.165) is 11.3 Å². The number of nitrogens with one attached hydrogen (secondary N) is 5. The van der Waals surface area contributed by atoms with Gasteiger partial charge in [0.15, 0.2) is 6.04 Å². The van der Waals surface area contributed by atoms with Crippen molar-refractivity contribution in [3.63, 3.8) is 0 Å². The van der Waals surface area contributed by atoms with Crippen molar-refractivity contribution in [3.8, 4) is 43.4 Å². The minimum atomic E-state index is -0.955. The Labute approximate surface area is 475 Å². The molecule has 10 rings (SSSR count). The highest BCUT2D eigenvalue weighted by Crippen LogP contribution is 2.39. The quantitative estimate of drug-likeness (QED) is 0.106. The van der Waals surface area contributed by atoms with Gasteiger partial charge in [0.05, 0.1) is 36.8 Å². The number of likely N-dealkylation sites (tertiary alicyclic amines) is 1. The molecule has 79 heavy (non-hydrogen) atoms. The van der Waals surface area contributed by atoms with Crippen LogP contribution >= 0.6 is 68.0 Å². The fraction of sp³-hybridized carbons (Fsp3) is 0.380. The molecule has 0 aromatic carbocycles. The second kappa shape index (κ2) is 23.2. The van der Waals surface area contributed by atoms with Gasteiger partial charge in [-0.05, 0) is 43.7 Å². The molecule has 3 aliphatic heterocycles. The van der Waals surface area contributed by atoms with Gasteiger partial charge in [0, 0.05) is 50.9 Å². The Balaban J connectivity index is 1.00. The number of rotatable bonds is 8. The number of nitrogens with zero attached hydrogens (tertiary/aromatic N) is 9. The summed E-state index contributed by atoms with van der Waals surface area (Å²) >= 11 is 7.54. The largest absolute Gasteiger partial charge is 0.473 e. The standard InChI is InChI=1S/C50H51N15O8S6/c1-20(2)35-48-61-31(19-78-48)46-57-27(15-75-46)38-23(9-10-24(54-38)45-60-30(18-76-45)43-56-26(14-73-43)50(72)65-11-7-8-32(65)39(51)68)44-58-29(17-74-44)41(70)55-25(12-33(66)52-6)47-64-37(22(5)79-47)42(71)63-36(21(3)4)49-59-28(16-77-49)40(69)53-13-34(67)62-35/h9-10,15-21,25-26,32,35-36H,7-8,11-14H2,1-6H3,(H2,51,68)(H,52,66)(H,53,69)(H,55,70)(H,62,67)(H,63,71)/t25-,26-,32-,35-,36-/m0/s1. The summed E-state index contributed by atoms with van der Waals surface area (Å²) in [5.74, 6) is -3.45. The Hall–Kier alpha value is -7.31. The highest BCUT2D eigenvalue weighted by molar-refractivity contribution is 7.15. The molecule has 1 saturated heterocycles. The minimum absolute atomic E-state index is 0.0141. The van der Waals surface area contributed by atoms with Gasteiger partial charge in [-0.1, -0.05) is 27.7 Å². The van der Waals surface area contributed by atoms with Gasteiger partial charge >= 0.3 is 0 Å². The van der Waals surface area contributed by atoms with E-state index in [2.05, 4.69) is 41.5 Å². The molecule has 10 bridgehead atoms. The monoisotopic (exact) mass is 1180 g/mol. The molecule has 0 saturated carbocycles.